The van der Waals surface area contributed by atoms with Crippen LogP contribution in [0.1, 0.15) is 30.5 Å². The Bertz CT molecular complexity index is 972. The second kappa shape index (κ2) is 8.17. The maximum atomic E-state index is 12.9. The maximum Gasteiger partial charge on any atom is 0.265 e. The molecule has 27 heavy (non-hydrogen) atoms. The summed E-state index contributed by atoms with van der Waals surface area (Å²) in [6, 6.07) is 4.41. The Kier molecular flexibility index (Phi) is 6.55. The fourth-order valence-electron chi connectivity index (χ4n) is 3.30. The van der Waals surface area contributed by atoms with E-state index < -0.39 is 15.8 Å². The minimum atomic E-state index is -4.09. The Labute approximate surface area is 171 Å². The topological polar surface area (TPSA) is 69.6 Å². The van der Waals surface area contributed by atoms with E-state index in [1.54, 1.807) is 0 Å². The van der Waals surface area contributed by atoms with Crippen molar-refractivity contribution in [3.63, 3.8) is 0 Å². The van der Waals surface area contributed by atoms with Crippen LogP contribution in [0, 0.1) is 20.8 Å². The number of hydrogen-bond donors (Lipinski definition) is 2. The Morgan fingerprint density at radius 3 is 2.19 bits per heavy atom. The van der Waals surface area contributed by atoms with Gasteiger partial charge in [0.05, 0.1) is 10.7 Å². The molecule has 0 heterocycles. The zero-order chi connectivity index (χ0) is 20.5. The first kappa shape index (κ1) is 21.7. The van der Waals surface area contributed by atoms with Crippen LogP contribution in [0.15, 0.2) is 23.1 Å². The Hall–Kier alpha value is -1.63. The molecule has 0 aliphatic carbocycles. The molecule has 0 fully saturated rings. The van der Waals surface area contributed by atoms with Gasteiger partial charge in [0, 0.05) is 23.8 Å². The Balaban J connectivity index is 2.62. The quantitative estimate of drug-likeness (QED) is 0.654. The van der Waals surface area contributed by atoms with Crippen LogP contribution >= 0.6 is 23.2 Å². The van der Waals surface area contributed by atoms with Crippen LogP contribution in [-0.4, -0.2) is 26.6 Å². The third-order valence-corrected chi connectivity index (χ3v) is 6.40. The molecule has 0 aliphatic rings. The molecule has 0 bridgehead atoms. The summed E-state index contributed by atoms with van der Waals surface area (Å²) in [5.41, 5.74) is 4.17. The van der Waals surface area contributed by atoms with Gasteiger partial charge in [-0.3, -0.25) is 4.72 Å². The van der Waals surface area contributed by atoms with E-state index in [1.807, 2.05) is 26.8 Å². The summed E-state index contributed by atoms with van der Waals surface area (Å²) in [5.74, 6) is -0.528. The number of benzene rings is 2. The summed E-state index contributed by atoms with van der Waals surface area (Å²) < 4.78 is 28.5. The van der Waals surface area contributed by atoms with E-state index in [1.165, 1.54) is 12.1 Å². The molecule has 2 rings (SSSR count). The molecule has 0 aliphatic heterocycles. The normalized spacial score (nSPS) is 11.5. The summed E-state index contributed by atoms with van der Waals surface area (Å²) >= 11 is 11.8. The number of phenolic OH excluding ortho intramolecular Hbond substituents is 1. The predicted octanol–water partition coefficient (Wildman–Crippen LogP) is 5.27. The Morgan fingerprint density at radius 1 is 1.04 bits per heavy atom. The molecular weight excluding hydrogens is 407 g/mol. The smallest absolute Gasteiger partial charge is 0.265 e. The summed E-state index contributed by atoms with van der Waals surface area (Å²) in [4.78, 5) is 1.82. The van der Waals surface area contributed by atoms with Gasteiger partial charge in [0.25, 0.3) is 10.0 Å². The second-order valence-electron chi connectivity index (χ2n) is 6.37. The van der Waals surface area contributed by atoms with E-state index in [-0.39, 0.29) is 14.9 Å². The molecule has 0 amide bonds. The lowest BCUT2D eigenvalue weighted by Gasteiger charge is -2.28. The Morgan fingerprint density at radius 2 is 1.63 bits per heavy atom. The van der Waals surface area contributed by atoms with Crippen molar-refractivity contribution in [1.29, 1.82) is 0 Å². The molecule has 0 radical (unpaired) electrons. The molecule has 2 aromatic carbocycles. The first-order valence-corrected chi connectivity index (χ1v) is 10.8. The number of anilines is 2. The van der Waals surface area contributed by atoms with Crippen molar-refractivity contribution in [3.05, 3.63) is 44.9 Å². The van der Waals surface area contributed by atoms with Crippen LogP contribution in [0.4, 0.5) is 11.4 Å². The highest BCUT2D eigenvalue weighted by molar-refractivity contribution is 7.92. The minimum absolute atomic E-state index is 0.121. The maximum absolute atomic E-state index is 12.9. The van der Waals surface area contributed by atoms with Crippen molar-refractivity contribution in [1.82, 2.24) is 0 Å². The molecule has 148 valence electrons. The van der Waals surface area contributed by atoms with Crippen LogP contribution in [0.3, 0.4) is 0 Å². The predicted molar refractivity (Wildman–Crippen MR) is 113 cm³/mol. The minimum Gasteiger partial charge on any atom is -0.505 e. The molecule has 8 heteroatoms. The van der Waals surface area contributed by atoms with Crippen LogP contribution in [-0.2, 0) is 10.0 Å². The first-order chi connectivity index (χ1) is 12.5. The van der Waals surface area contributed by atoms with Crippen molar-refractivity contribution >= 4 is 44.6 Å². The molecular formula is C19H24Cl2N2O3S. The van der Waals surface area contributed by atoms with Gasteiger partial charge in [-0.05, 0) is 63.4 Å². The summed E-state index contributed by atoms with van der Waals surface area (Å²) in [6.45, 7) is 11.5. The zero-order valence-corrected chi connectivity index (χ0v) is 18.3. The average Bonchev–Trinajstić information content (AvgIpc) is 2.58. The zero-order valence-electron chi connectivity index (χ0n) is 16.0. The molecule has 0 atom stereocenters. The van der Waals surface area contributed by atoms with Gasteiger partial charge in [-0.25, -0.2) is 8.42 Å². The van der Waals surface area contributed by atoms with E-state index in [2.05, 4.69) is 23.5 Å². The van der Waals surface area contributed by atoms with Gasteiger partial charge in [0.15, 0.2) is 5.75 Å². The standard InChI is InChI=1S/C19H24Cl2N2O3S/c1-6-23(7-2)18-12(4)8-11(3)17(13(18)5)22-27(25,26)16-10-14(20)9-15(21)19(16)24/h8-10,22,24H,6-7H2,1-5H3. The lowest BCUT2D eigenvalue weighted by atomic mass is 10.0. The van der Waals surface area contributed by atoms with Crippen LogP contribution in [0.25, 0.3) is 0 Å². The van der Waals surface area contributed by atoms with Gasteiger partial charge < -0.3 is 10.0 Å². The number of phenols is 1. The number of nitrogens with one attached hydrogen (secondary N) is 1. The van der Waals surface area contributed by atoms with Gasteiger partial charge >= 0.3 is 0 Å². The van der Waals surface area contributed by atoms with Gasteiger partial charge in [0.2, 0.25) is 0 Å². The van der Waals surface area contributed by atoms with E-state index in [0.29, 0.717) is 5.69 Å². The number of sulfonamides is 1. The number of aryl methyl sites for hydroxylation is 2. The molecule has 2 N–H and O–H groups in total. The number of hydrogen-bond acceptors (Lipinski definition) is 4. The summed E-state index contributed by atoms with van der Waals surface area (Å²) in [6.07, 6.45) is 0. The number of nitrogens with zero attached hydrogens (tertiary/aromatic N) is 1. The van der Waals surface area contributed by atoms with E-state index in [9.17, 15) is 13.5 Å². The van der Waals surface area contributed by atoms with E-state index in [0.717, 1.165) is 35.5 Å². The van der Waals surface area contributed by atoms with E-state index in [4.69, 9.17) is 23.2 Å². The highest BCUT2D eigenvalue weighted by atomic mass is 35.5. The monoisotopic (exact) mass is 430 g/mol. The summed E-state index contributed by atoms with van der Waals surface area (Å²) in [5, 5.41) is 10.1. The van der Waals surface area contributed by atoms with Gasteiger partial charge in [0.1, 0.15) is 4.90 Å². The molecule has 5 nitrogen and oxygen atoms in total. The number of rotatable bonds is 6. The van der Waals surface area contributed by atoms with Crippen molar-refractivity contribution in [3.8, 4) is 5.75 Å². The highest BCUT2D eigenvalue weighted by Crippen LogP contribution is 2.38. The first-order valence-electron chi connectivity index (χ1n) is 8.60. The van der Waals surface area contributed by atoms with Crippen LogP contribution in [0.5, 0.6) is 5.75 Å². The molecule has 0 saturated heterocycles. The summed E-state index contributed by atoms with van der Waals surface area (Å²) in [7, 11) is -4.09. The van der Waals surface area contributed by atoms with Gasteiger partial charge in [-0.1, -0.05) is 29.3 Å². The van der Waals surface area contributed by atoms with Crippen molar-refractivity contribution in [2.75, 3.05) is 22.7 Å². The molecule has 0 unspecified atom stereocenters. The lowest BCUT2D eigenvalue weighted by Crippen LogP contribution is -2.25. The molecule has 0 spiro atoms. The third-order valence-electron chi connectivity index (χ3n) is 4.53. The second-order valence-corrected chi connectivity index (χ2v) is 8.87. The van der Waals surface area contributed by atoms with E-state index >= 15 is 0 Å². The van der Waals surface area contributed by atoms with Gasteiger partial charge in [-0.15, -0.1) is 0 Å². The SMILES string of the molecule is CCN(CC)c1c(C)cc(C)c(NS(=O)(=O)c2cc(Cl)cc(Cl)c2O)c1C. The van der Waals surface area contributed by atoms with Gasteiger partial charge in [-0.2, -0.15) is 0 Å². The van der Waals surface area contributed by atoms with Crippen LogP contribution < -0.4 is 9.62 Å². The van der Waals surface area contributed by atoms with Crippen LogP contribution in [0.2, 0.25) is 10.0 Å². The fourth-order valence-corrected chi connectivity index (χ4v) is 5.25. The van der Waals surface area contributed by atoms with Crippen molar-refractivity contribution in [2.24, 2.45) is 0 Å². The fraction of sp³-hybridized carbons (Fsp3) is 0.368. The van der Waals surface area contributed by atoms with Crippen molar-refractivity contribution in [2.45, 2.75) is 39.5 Å². The molecule has 0 aromatic heterocycles. The third kappa shape index (κ3) is 4.28. The van der Waals surface area contributed by atoms with Crippen molar-refractivity contribution < 1.29 is 13.5 Å². The highest BCUT2D eigenvalue weighted by Gasteiger charge is 2.25. The number of halogens is 2. The lowest BCUT2D eigenvalue weighted by molar-refractivity contribution is 0.459. The number of aromatic hydroxyl groups is 1. The molecule has 2 aromatic rings. The molecule has 0 saturated carbocycles. The average molecular weight is 431 g/mol. The largest absolute Gasteiger partial charge is 0.505 e.